The standard InChI is InChI=1S/C24H18BrN3O2S/c25-17-6-7-19-20(13-28(22(19)11-17)31(30)18-4-2-1-3-5-18)16-10-21-23(26-12-16)27(15-29)14-24(21)8-9-24/h1-7,10-13,15H,8-9,14H2. The molecule has 1 spiro atoms. The van der Waals surface area contributed by atoms with Crippen molar-refractivity contribution in [2.45, 2.75) is 23.2 Å². The lowest BCUT2D eigenvalue weighted by atomic mass is 9.97. The number of nitrogens with zero attached hydrogens (tertiary/aromatic N) is 3. The highest BCUT2D eigenvalue weighted by Gasteiger charge is 2.52. The number of amides is 1. The molecule has 1 amide bonds. The second-order valence-electron chi connectivity index (χ2n) is 8.20. The number of benzene rings is 2. The van der Waals surface area contributed by atoms with Crippen molar-refractivity contribution < 1.29 is 9.00 Å². The molecule has 0 bridgehead atoms. The van der Waals surface area contributed by atoms with Crippen LogP contribution in [0.5, 0.6) is 0 Å². The minimum absolute atomic E-state index is 0.0630. The van der Waals surface area contributed by atoms with Crippen LogP contribution in [0.15, 0.2) is 76.4 Å². The monoisotopic (exact) mass is 491 g/mol. The van der Waals surface area contributed by atoms with Crippen LogP contribution in [0.3, 0.4) is 0 Å². The molecule has 7 heteroatoms. The number of carbonyl (C=O) groups excluding carboxylic acids is 1. The molecule has 0 radical (unpaired) electrons. The van der Waals surface area contributed by atoms with E-state index >= 15 is 0 Å². The van der Waals surface area contributed by atoms with E-state index in [2.05, 4.69) is 27.0 Å². The zero-order valence-electron chi connectivity index (χ0n) is 16.5. The van der Waals surface area contributed by atoms with Gasteiger partial charge in [-0.2, -0.15) is 0 Å². The van der Waals surface area contributed by atoms with Gasteiger partial charge >= 0.3 is 0 Å². The first-order valence-electron chi connectivity index (χ1n) is 10.1. The molecule has 0 saturated heterocycles. The van der Waals surface area contributed by atoms with Gasteiger partial charge in [0.2, 0.25) is 6.41 Å². The highest BCUT2D eigenvalue weighted by Crippen LogP contribution is 2.56. The maximum atomic E-state index is 13.4. The second-order valence-corrected chi connectivity index (χ2v) is 10.5. The predicted octanol–water partition coefficient (Wildman–Crippen LogP) is 5.04. The molecular weight excluding hydrogens is 474 g/mol. The molecule has 0 N–H and O–H groups in total. The number of halogens is 1. The van der Waals surface area contributed by atoms with Crippen molar-refractivity contribution >= 4 is 50.0 Å². The van der Waals surface area contributed by atoms with Gasteiger partial charge in [-0.25, -0.2) is 9.19 Å². The smallest absolute Gasteiger partial charge is 0.215 e. The molecule has 1 saturated carbocycles. The first kappa shape index (κ1) is 19.0. The van der Waals surface area contributed by atoms with E-state index in [1.807, 2.05) is 64.9 Å². The van der Waals surface area contributed by atoms with E-state index in [9.17, 15) is 9.00 Å². The Labute approximate surface area is 190 Å². The molecule has 6 rings (SSSR count). The number of carbonyl (C=O) groups is 1. The van der Waals surface area contributed by atoms with Crippen molar-refractivity contribution in [3.05, 3.63) is 77.0 Å². The number of pyridine rings is 1. The SMILES string of the molecule is O=CN1CC2(CC2)c2cc(-c3cn(S(=O)c4ccccc4)c4cc(Br)ccc34)cnc21. The average molecular weight is 492 g/mol. The molecular formula is C24H18BrN3O2S. The van der Waals surface area contributed by atoms with E-state index in [1.165, 1.54) is 0 Å². The first-order valence-corrected chi connectivity index (χ1v) is 12.0. The van der Waals surface area contributed by atoms with Crippen LogP contribution in [-0.2, 0) is 21.2 Å². The van der Waals surface area contributed by atoms with E-state index in [0.29, 0.717) is 0 Å². The topological polar surface area (TPSA) is 55.2 Å². The van der Waals surface area contributed by atoms with Gasteiger partial charge in [-0.15, -0.1) is 0 Å². The molecule has 1 unspecified atom stereocenters. The number of rotatable bonds is 4. The van der Waals surface area contributed by atoms with Crippen LogP contribution in [0.4, 0.5) is 5.82 Å². The minimum atomic E-state index is -1.37. The number of hydrogen-bond donors (Lipinski definition) is 0. The van der Waals surface area contributed by atoms with Gasteiger partial charge in [0.15, 0.2) is 11.0 Å². The molecule has 3 heterocycles. The molecule has 1 fully saturated rings. The zero-order valence-corrected chi connectivity index (χ0v) is 18.9. The summed E-state index contributed by atoms with van der Waals surface area (Å²) in [5.41, 5.74) is 4.08. The van der Waals surface area contributed by atoms with Gasteiger partial charge in [0.25, 0.3) is 0 Å². The van der Waals surface area contributed by atoms with E-state index in [0.717, 1.165) is 68.6 Å². The summed E-state index contributed by atoms with van der Waals surface area (Å²) in [6.45, 7) is 0.717. The fourth-order valence-electron chi connectivity index (χ4n) is 4.56. The fraction of sp³-hybridized carbons (Fsp3) is 0.167. The molecule has 2 aromatic carbocycles. The molecule has 1 atom stereocenters. The lowest BCUT2D eigenvalue weighted by Crippen LogP contribution is -2.22. The van der Waals surface area contributed by atoms with Gasteiger partial charge in [-0.1, -0.05) is 40.2 Å². The molecule has 1 aliphatic heterocycles. The summed E-state index contributed by atoms with van der Waals surface area (Å²) in [7, 11) is -1.37. The van der Waals surface area contributed by atoms with Crippen molar-refractivity contribution in [2.75, 3.05) is 11.4 Å². The Hall–Kier alpha value is -2.77. The molecule has 5 nitrogen and oxygen atoms in total. The fourth-order valence-corrected chi connectivity index (χ4v) is 6.06. The summed E-state index contributed by atoms with van der Waals surface area (Å²) in [5.74, 6) is 0.774. The Morgan fingerprint density at radius 1 is 1.10 bits per heavy atom. The Bertz CT molecular complexity index is 1380. The summed E-state index contributed by atoms with van der Waals surface area (Å²) in [4.78, 5) is 18.6. The summed E-state index contributed by atoms with van der Waals surface area (Å²) < 4.78 is 16.2. The maximum Gasteiger partial charge on any atom is 0.215 e. The average Bonchev–Trinajstić information content (AvgIpc) is 3.39. The minimum Gasteiger partial charge on any atom is -0.298 e. The highest BCUT2D eigenvalue weighted by molar-refractivity contribution is 9.10. The summed E-state index contributed by atoms with van der Waals surface area (Å²) >= 11 is 3.55. The Morgan fingerprint density at radius 3 is 2.65 bits per heavy atom. The van der Waals surface area contributed by atoms with Crippen LogP contribution in [0.2, 0.25) is 0 Å². The van der Waals surface area contributed by atoms with Gasteiger partial charge < -0.3 is 0 Å². The van der Waals surface area contributed by atoms with Crippen LogP contribution >= 0.6 is 15.9 Å². The first-order chi connectivity index (χ1) is 15.1. The Balaban J connectivity index is 1.54. The van der Waals surface area contributed by atoms with Gasteiger partial charge in [0.05, 0.1) is 10.4 Å². The van der Waals surface area contributed by atoms with Crippen molar-refractivity contribution in [3.63, 3.8) is 0 Å². The van der Waals surface area contributed by atoms with Crippen molar-refractivity contribution in [1.82, 2.24) is 8.96 Å². The predicted molar refractivity (Wildman–Crippen MR) is 125 cm³/mol. The molecule has 4 aromatic rings. The van der Waals surface area contributed by atoms with Crippen molar-refractivity contribution in [3.8, 4) is 11.1 Å². The molecule has 154 valence electrons. The normalized spacial score (nSPS) is 17.1. The van der Waals surface area contributed by atoms with Crippen molar-refractivity contribution in [2.24, 2.45) is 0 Å². The maximum absolute atomic E-state index is 13.4. The van der Waals surface area contributed by atoms with Gasteiger partial charge in [0, 0.05) is 50.9 Å². The Kier molecular flexibility index (Phi) is 4.20. The quantitative estimate of drug-likeness (QED) is 0.375. The number of fused-ring (bicyclic) bond motifs is 3. The third-order valence-electron chi connectivity index (χ3n) is 6.33. The molecule has 31 heavy (non-hydrogen) atoms. The van der Waals surface area contributed by atoms with Crippen LogP contribution in [0.1, 0.15) is 18.4 Å². The second kappa shape index (κ2) is 6.87. The third-order valence-corrected chi connectivity index (χ3v) is 8.16. The highest BCUT2D eigenvalue weighted by atomic mass is 79.9. The lowest BCUT2D eigenvalue weighted by Gasteiger charge is -2.09. The summed E-state index contributed by atoms with van der Waals surface area (Å²) in [5, 5.41) is 1.02. The molecule has 1 aliphatic carbocycles. The zero-order chi connectivity index (χ0) is 21.2. The largest absolute Gasteiger partial charge is 0.298 e. The van der Waals surface area contributed by atoms with Gasteiger partial charge in [-0.05, 0) is 43.2 Å². The van der Waals surface area contributed by atoms with Crippen LogP contribution in [-0.4, -0.2) is 26.1 Å². The summed E-state index contributed by atoms with van der Waals surface area (Å²) in [6.07, 6.45) is 6.83. The van der Waals surface area contributed by atoms with Gasteiger partial charge in [-0.3, -0.25) is 13.7 Å². The van der Waals surface area contributed by atoms with Gasteiger partial charge in [0.1, 0.15) is 5.82 Å². The number of anilines is 1. The number of hydrogen-bond acceptors (Lipinski definition) is 3. The van der Waals surface area contributed by atoms with E-state index < -0.39 is 11.0 Å². The van der Waals surface area contributed by atoms with E-state index in [-0.39, 0.29) is 5.41 Å². The van der Waals surface area contributed by atoms with Crippen molar-refractivity contribution in [1.29, 1.82) is 0 Å². The lowest BCUT2D eigenvalue weighted by molar-refractivity contribution is -0.107. The summed E-state index contributed by atoms with van der Waals surface area (Å²) in [6, 6.07) is 17.7. The van der Waals surface area contributed by atoms with Crippen LogP contribution in [0, 0.1) is 0 Å². The van der Waals surface area contributed by atoms with Crippen LogP contribution < -0.4 is 4.90 Å². The van der Waals surface area contributed by atoms with Crippen LogP contribution in [0.25, 0.3) is 22.0 Å². The Morgan fingerprint density at radius 2 is 1.90 bits per heavy atom. The van der Waals surface area contributed by atoms with E-state index in [4.69, 9.17) is 0 Å². The third kappa shape index (κ3) is 2.91. The number of aromatic nitrogens is 2. The molecule has 2 aromatic heterocycles. The molecule has 2 aliphatic rings. The van der Waals surface area contributed by atoms with E-state index in [1.54, 1.807) is 4.90 Å².